The zero-order chi connectivity index (χ0) is 15.3. The van der Waals surface area contributed by atoms with Gasteiger partial charge in [-0.05, 0) is 32.4 Å². The minimum Gasteiger partial charge on any atom is -0.504 e. The number of methoxy groups -OCH3 is 1. The molecule has 120 valence electrons. The molecule has 1 rings (SSSR count). The molecule has 2 N–H and O–H groups in total. The van der Waals surface area contributed by atoms with Gasteiger partial charge in [0.25, 0.3) is 0 Å². The summed E-state index contributed by atoms with van der Waals surface area (Å²) in [6.07, 6.45) is 2.06. The first-order valence-electron chi connectivity index (χ1n) is 7.50. The second kappa shape index (κ2) is 11.4. The second-order valence-corrected chi connectivity index (χ2v) is 4.69. The third-order valence-corrected chi connectivity index (χ3v) is 3.02. The Morgan fingerprint density at radius 1 is 1.14 bits per heavy atom. The van der Waals surface area contributed by atoms with Crippen molar-refractivity contribution in [2.75, 3.05) is 40.1 Å². The quantitative estimate of drug-likeness (QED) is 0.580. The summed E-state index contributed by atoms with van der Waals surface area (Å²) >= 11 is 0. The molecule has 0 fully saturated rings. The Hall–Kier alpha value is -1.30. The van der Waals surface area contributed by atoms with Gasteiger partial charge in [-0.2, -0.15) is 0 Å². The summed E-state index contributed by atoms with van der Waals surface area (Å²) in [5, 5.41) is 13.4. The van der Waals surface area contributed by atoms with Crippen LogP contribution in [0.2, 0.25) is 0 Å². The maximum Gasteiger partial charge on any atom is 0.162 e. The number of phenols is 1. The molecule has 21 heavy (non-hydrogen) atoms. The summed E-state index contributed by atoms with van der Waals surface area (Å²) in [4.78, 5) is 0. The van der Waals surface area contributed by atoms with Crippen molar-refractivity contribution in [2.45, 2.75) is 26.3 Å². The van der Waals surface area contributed by atoms with Crippen LogP contribution in [0, 0.1) is 0 Å². The highest BCUT2D eigenvalue weighted by atomic mass is 16.5. The van der Waals surface area contributed by atoms with E-state index in [-0.39, 0.29) is 5.75 Å². The van der Waals surface area contributed by atoms with Crippen LogP contribution >= 0.6 is 0 Å². The normalized spacial score (nSPS) is 10.8. The summed E-state index contributed by atoms with van der Waals surface area (Å²) in [5.41, 5.74) is 0.859. The second-order valence-electron chi connectivity index (χ2n) is 4.69. The Balaban J connectivity index is 2.14. The van der Waals surface area contributed by atoms with E-state index in [1.54, 1.807) is 13.2 Å². The molecule has 0 spiro atoms. The number of para-hydroxylation sites is 1. The topological polar surface area (TPSA) is 60.0 Å². The molecular weight excluding hydrogens is 270 g/mol. The molecular formula is C16H27NO4. The van der Waals surface area contributed by atoms with Gasteiger partial charge in [0.05, 0.1) is 19.8 Å². The smallest absolute Gasteiger partial charge is 0.162 e. The minimum atomic E-state index is 0.231. The van der Waals surface area contributed by atoms with Crippen molar-refractivity contribution in [3.8, 4) is 11.5 Å². The molecule has 0 aliphatic heterocycles. The molecule has 0 aromatic heterocycles. The van der Waals surface area contributed by atoms with Crippen molar-refractivity contribution < 1.29 is 19.3 Å². The van der Waals surface area contributed by atoms with E-state index < -0.39 is 0 Å². The molecule has 0 bridgehead atoms. The van der Waals surface area contributed by atoms with E-state index >= 15 is 0 Å². The van der Waals surface area contributed by atoms with Crippen molar-refractivity contribution in [3.63, 3.8) is 0 Å². The number of nitrogens with one attached hydrogen (secondary N) is 1. The van der Waals surface area contributed by atoms with Gasteiger partial charge in [0.2, 0.25) is 0 Å². The molecule has 1 aromatic carbocycles. The summed E-state index contributed by atoms with van der Waals surface area (Å²) in [6, 6.07) is 5.57. The summed E-state index contributed by atoms with van der Waals surface area (Å²) < 4.78 is 15.7. The Morgan fingerprint density at radius 3 is 2.76 bits per heavy atom. The van der Waals surface area contributed by atoms with Crippen LogP contribution in [0.3, 0.4) is 0 Å². The van der Waals surface area contributed by atoms with Crippen LogP contribution in [-0.4, -0.2) is 45.2 Å². The number of hydrogen-bond donors (Lipinski definition) is 2. The van der Waals surface area contributed by atoms with Gasteiger partial charge < -0.3 is 24.6 Å². The zero-order valence-electron chi connectivity index (χ0n) is 13.1. The van der Waals surface area contributed by atoms with Gasteiger partial charge in [0.15, 0.2) is 11.5 Å². The van der Waals surface area contributed by atoms with E-state index in [1.807, 2.05) is 19.1 Å². The molecule has 0 aliphatic carbocycles. The first-order chi connectivity index (χ1) is 10.3. The molecule has 5 nitrogen and oxygen atoms in total. The lowest BCUT2D eigenvalue weighted by Crippen LogP contribution is -2.15. The molecule has 0 saturated heterocycles. The van der Waals surface area contributed by atoms with Crippen molar-refractivity contribution in [3.05, 3.63) is 23.8 Å². The number of ether oxygens (including phenoxy) is 3. The van der Waals surface area contributed by atoms with E-state index in [0.29, 0.717) is 32.1 Å². The fraction of sp³-hybridized carbons (Fsp3) is 0.625. The van der Waals surface area contributed by atoms with Crippen LogP contribution in [0.4, 0.5) is 0 Å². The molecule has 0 amide bonds. The fourth-order valence-corrected chi connectivity index (χ4v) is 1.90. The lowest BCUT2D eigenvalue weighted by Gasteiger charge is -2.11. The lowest BCUT2D eigenvalue weighted by atomic mass is 10.2. The standard InChI is InChI=1S/C16H27NO4/c1-3-21-15-8-6-7-14(16(15)18)13-17-9-4-5-10-20-12-11-19-2/h6-8,17-18H,3-5,9-13H2,1-2H3. The Labute approximate surface area is 127 Å². The largest absolute Gasteiger partial charge is 0.504 e. The molecule has 0 saturated carbocycles. The van der Waals surface area contributed by atoms with Gasteiger partial charge in [0, 0.05) is 25.8 Å². The zero-order valence-corrected chi connectivity index (χ0v) is 13.1. The lowest BCUT2D eigenvalue weighted by molar-refractivity contribution is 0.0688. The van der Waals surface area contributed by atoms with Crippen molar-refractivity contribution in [1.29, 1.82) is 0 Å². The predicted octanol–water partition coefficient (Wildman–Crippen LogP) is 2.32. The van der Waals surface area contributed by atoms with E-state index in [9.17, 15) is 5.11 Å². The van der Waals surface area contributed by atoms with Crippen LogP contribution in [0.15, 0.2) is 18.2 Å². The van der Waals surface area contributed by atoms with Gasteiger partial charge in [-0.3, -0.25) is 0 Å². The SMILES string of the molecule is CCOc1cccc(CNCCCCOCCOC)c1O. The fourth-order valence-electron chi connectivity index (χ4n) is 1.90. The molecule has 5 heteroatoms. The summed E-state index contributed by atoms with van der Waals surface area (Å²) in [5.74, 6) is 0.776. The van der Waals surface area contributed by atoms with Gasteiger partial charge in [-0.25, -0.2) is 0 Å². The molecule has 0 heterocycles. The van der Waals surface area contributed by atoms with Gasteiger partial charge in [-0.1, -0.05) is 12.1 Å². The molecule has 1 aromatic rings. The van der Waals surface area contributed by atoms with Crippen molar-refractivity contribution in [1.82, 2.24) is 5.32 Å². The van der Waals surface area contributed by atoms with Crippen molar-refractivity contribution >= 4 is 0 Å². The van der Waals surface area contributed by atoms with Gasteiger partial charge >= 0.3 is 0 Å². The molecule has 0 aliphatic rings. The van der Waals surface area contributed by atoms with E-state index in [1.165, 1.54) is 0 Å². The van der Waals surface area contributed by atoms with E-state index in [2.05, 4.69) is 5.32 Å². The summed E-state index contributed by atoms with van der Waals surface area (Å²) in [7, 11) is 1.67. The maximum absolute atomic E-state index is 10.0. The average Bonchev–Trinajstić information content (AvgIpc) is 2.49. The first-order valence-corrected chi connectivity index (χ1v) is 7.50. The third kappa shape index (κ3) is 7.32. The van der Waals surface area contributed by atoms with Crippen LogP contribution in [0.1, 0.15) is 25.3 Å². The molecule has 0 radical (unpaired) electrons. The highest BCUT2D eigenvalue weighted by molar-refractivity contribution is 5.45. The predicted molar refractivity (Wildman–Crippen MR) is 82.9 cm³/mol. The monoisotopic (exact) mass is 297 g/mol. The number of phenolic OH excluding ortho intramolecular Hbond substituents is 1. The van der Waals surface area contributed by atoms with Crippen molar-refractivity contribution in [2.24, 2.45) is 0 Å². The van der Waals surface area contributed by atoms with Crippen LogP contribution in [-0.2, 0) is 16.0 Å². The average molecular weight is 297 g/mol. The van der Waals surface area contributed by atoms with Gasteiger partial charge in [-0.15, -0.1) is 0 Å². The van der Waals surface area contributed by atoms with Gasteiger partial charge in [0.1, 0.15) is 0 Å². The maximum atomic E-state index is 10.0. The number of unbranched alkanes of at least 4 members (excludes halogenated alkanes) is 1. The van der Waals surface area contributed by atoms with Crippen LogP contribution in [0.5, 0.6) is 11.5 Å². The number of aromatic hydroxyl groups is 1. The minimum absolute atomic E-state index is 0.231. The highest BCUT2D eigenvalue weighted by Gasteiger charge is 2.06. The van der Waals surface area contributed by atoms with Crippen LogP contribution < -0.4 is 10.1 Å². The third-order valence-electron chi connectivity index (χ3n) is 3.02. The first kappa shape index (κ1) is 17.8. The Bertz CT molecular complexity index is 385. The molecule has 0 unspecified atom stereocenters. The van der Waals surface area contributed by atoms with E-state index in [4.69, 9.17) is 14.2 Å². The Kier molecular flexibility index (Phi) is 9.61. The number of rotatable bonds is 12. The summed E-state index contributed by atoms with van der Waals surface area (Å²) in [6.45, 7) is 6.04. The Morgan fingerprint density at radius 2 is 2.00 bits per heavy atom. The molecule has 0 atom stereocenters. The number of hydrogen-bond acceptors (Lipinski definition) is 5. The number of benzene rings is 1. The highest BCUT2D eigenvalue weighted by Crippen LogP contribution is 2.29. The van der Waals surface area contributed by atoms with E-state index in [0.717, 1.165) is 31.6 Å². The van der Waals surface area contributed by atoms with Crippen LogP contribution in [0.25, 0.3) is 0 Å².